The van der Waals surface area contributed by atoms with Crippen LogP contribution in [0.1, 0.15) is 15.2 Å². The molecule has 1 heterocycles. The first-order valence-corrected chi connectivity index (χ1v) is 5.40. The van der Waals surface area contributed by atoms with Crippen molar-refractivity contribution in [2.24, 2.45) is 0 Å². The highest BCUT2D eigenvalue weighted by Gasteiger charge is 2.07. The van der Waals surface area contributed by atoms with Crippen LogP contribution in [0.4, 0.5) is 5.69 Å². The molecule has 1 aromatic heterocycles. The molecule has 0 aliphatic rings. The largest absolute Gasteiger partial charge is 0.399 e. The molecule has 3 nitrogen and oxygen atoms in total. The zero-order valence-corrected chi connectivity index (χ0v) is 8.83. The minimum atomic E-state index is 0.0755. The second-order valence-electron chi connectivity index (χ2n) is 3.19. The second kappa shape index (κ2) is 4.23. The van der Waals surface area contributed by atoms with Crippen LogP contribution in [-0.4, -0.2) is 10.8 Å². The number of hydrogen-bond acceptors (Lipinski definition) is 4. The number of ketones is 1. The van der Waals surface area contributed by atoms with Gasteiger partial charge in [-0.15, -0.1) is 11.3 Å². The summed E-state index contributed by atoms with van der Waals surface area (Å²) in [6, 6.07) is 7.03. The molecule has 2 rings (SSSR count). The third-order valence-corrected chi connectivity index (χ3v) is 2.81. The lowest BCUT2D eigenvalue weighted by atomic mass is 10.1. The quantitative estimate of drug-likeness (QED) is 0.634. The van der Waals surface area contributed by atoms with Gasteiger partial charge in [-0.2, -0.15) is 0 Å². The molecule has 2 aromatic rings. The van der Waals surface area contributed by atoms with E-state index in [0.717, 1.165) is 4.88 Å². The maximum absolute atomic E-state index is 11.8. The van der Waals surface area contributed by atoms with Crippen LogP contribution in [0.5, 0.6) is 0 Å². The summed E-state index contributed by atoms with van der Waals surface area (Å²) in [6.07, 6.45) is 2.11. The molecule has 0 atom stereocenters. The molecule has 76 valence electrons. The van der Waals surface area contributed by atoms with Gasteiger partial charge in [0.25, 0.3) is 0 Å². The number of nitrogens with zero attached hydrogens (tertiary/aromatic N) is 1. The van der Waals surface area contributed by atoms with Crippen molar-refractivity contribution in [3.05, 3.63) is 46.4 Å². The van der Waals surface area contributed by atoms with Gasteiger partial charge in [0.15, 0.2) is 5.78 Å². The molecule has 0 saturated heterocycles. The lowest BCUT2D eigenvalue weighted by Crippen LogP contribution is -2.02. The van der Waals surface area contributed by atoms with Crippen molar-refractivity contribution in [3.8, 4) is 0 Å². The fourth-order valence-electron chi connectivity index (χ4n) is 1.30. The second-order valence-corrected chi connectivity index (χ2v) is 4.16. The van der Waals surface area contributed by atoms with E-state index >= 15 is 0 Å². The van der Waals surface area contributed by atoms with Crippen LogP contribution in [0, 0.1) is 0 Å². The Balaban J connectivity index is 2.15. The summed E-state index contributed by atoms with van der Waals surface area (Å²) >= 11 is 1.49. The van der Waals surface area contributed by atoms with Crippen molar-refractivity contribution in [2.45, 2.75) is 6.42 Å². The Hall–Kier alpha value is -1.68. The molecule has 0 unspecified atom stereocenters. The van der Waals surface area contributed by atoms with Crippen LogP contribution in [0.3, 0.4) is 0 Å². The van der Waals surface area contributed by atoms with Crippen molar-refractivity contribution in [3.63, 3.8) is 0 Å². The number of Topliss-reactive ketones (excluding diaryl/α,β-unsaturated/α-hetero) is 1. The number of anilines is 1. The topological polar surface area (TPSA) is 56.0 Å². The first-order valence-electron chi connectivity index (χ1n) is 4.52. The number of carbonyl (C=O) groups is 1. The molecule has 1 aromatic carbocycles. The Kier molecular flexibility index (Phi) is 2.78. The van der Waals surface area contributed by atoms with Gasteiger partial charge in [-0.3, -0.25) is 9.78 Å². The number of thiazole rings is 1. The molecule has 15 heavy (non-hydrogen) atoms. The van der Waals surface area contributed by atoms with Crippen molar-refractivity contribution in [2.75, 3.05) is 5.73 Å². The van der Waals surface area contributed by atoms with E-state index in [-0.39, 0.29) is 5.78 Å². The van der Waals surface area contributed by atoms with Gasteiger partial charge in [-0.1, -0.05) is 12.1 Å². The van der Waals surface area contributed by atoms with Gasteiger partial charge in [0.2, 0.25) is 0 Å². The van der Waals surface area contributed by atoms with E-state index in [9.17, 15) is 4.79 Å². The van der Waals surface area contributed by atoms with E-state index in [1.165, 1.54) is 11.3 Å². The molecule has 0 saturated carbocycles. The number of nitrogen functional groups attached to an aromatic ring is 1. The lowest BCUT2D eigenvalue weighted by molar-refractivity contribution is 0.0994. The predicted octanol–water partition coefficient (Wildman–Crippen LogP) is 2.15. The van der Waals surface area contributed by atoms with E-state index in [2.05, 4.69) is 4.98 Å². The lowest BCUT2D eigenvalue weighted by Gasteiger charge is -1.99. The minimum absolute atomic E-state index is 0.0755. The highest BCUT2D eigenvalue weighted by atomic mass is 32.1. The fraction of sp³-hybridized carbons (Fsp3) is 0.0909. The van der Waals surface area contributed by atoms with Gasteiger partial charge in [-0.05, 0) is 12.1 Å². The van der Waals surface area contributed by atoms with E-state index in [1.807, 2.05) is 0 Å². The Labute approximate surface area is 91.6 Å². The molecule has 0 amide bonds. The average molecular weight is 218 g/mol. The van der Waals surface area contributed by atoms with Crippen LogP contribution in [0.2, 0.25) is 0 Å². The van der Waals surface area contributed by atoms with Crippen molar-refractivity contribution in [1.29, 1.82) is 0 Å². The maximum atomic E-state index is 11.8. The normalized spacial score (nSPS) is 10.1. The third-order valence-electron chi connectivity index (χ3n) is 2.03. The summed E-state index contributed by atoms with van der Waals surface area (Å²) < 4.78 is 0. The minimum Gasteiger partial charge on any atom is -0.399 e. The summed E-state index contributed by atoms with van der Waals surface area (Å²) in [6.45, 7) is 0. The van der Waals surface area contributed by atoms with Gasteiger partial charge in [0.1, 0.15) is 0 Å². The van der Waals surface area contributed by atoms with Gasteiger partial charge < -0.3 is 5.73 Å². The van der Waals surface area contributed by atoms with Crippen LogP contribution in [-0.2, 0) is 6.42 Å². The van der Waals surface area contributed by atoms with Gasteiger partial charge in [0, 0.05) is 28.7 Å². The highest BCUT2D eigenvalue weighted by molar-refractivity contribution is 7.09. The molecule has 0 aliphatic heterocycles. The van der Waals surface area contributed by atoms with Crippen LogP contribution >= 0.6 is 11.3 Å². The predicted molar refractivity (Wildman–Crippen MR) is 61.0 cm³/mol. The first kappa shape index (κ1) is 9.86. The smallest absolute Gasteiger partial charge is 0.168 e. The van der Waals surface area contributed by atoms with Crippen LogP contribution < -0.4 is 5.73 Å². The molecule has 0 aliphatic carbocycles. The Morgan fingerprint density at radius 1 is 1.47 bits per heavy atom. The zero-order valence-electron chi connectivity index (χ0n) is 8.01. The standard InChI is InChI=1S/C11H10N2OS/c12-9-3-1-2-8(4-9)11(14)5-10-6-13-7-15-10/h1-4,6-7H,5,12H2. The molecule has 0 spiro atoms. The number of nitrogens with two attached hydrogens (primary N) is 1. The number of carbonyl (C=O) groups excluding carboxylic acids is 1. The summed E-state index contributed by atoms with van der Waals surface area (Å²) in [5, 5.41) is 0. The third kappa shape index (κ3) is 2.41. The Bertz CT molecular complexity index is 465. The Morgan fingerprint density at radius 2 is 2.33 bits per heavy atom. The number of benzene rings is 1. The monoisotopic (exact) mass is 218 g/mol. The van der Waals surface area contributed by atoms with Crippen molar-refractivity contribution < 1.29 is 4.79 Å². The average Bonchev–Trinajstić information content (AvgIpc) is 2.70. The van der Waals surface area contributed by atoms with Gasteiger partial charge >= 0.3 is 0 Å². The highest BCUT2D eigenvalue weighted by Crippen LogP contribution is 2.13. The molecule has 2 N–H and O–H groups in total. The number of hydrogen-bond donors (Lipinski definition) is 1. The molecule has 0 radical (unpaired) electrons. The number of rotatable bonds is 3. The van der Waals surface area contributed by atoms with E-state index < -0.39 is 0 Å². The van der Waals surface area contributed by atoms with Crippen LogP contribution in [0.25, 0.3) is 0 Å². The first-order chi connectivity index (χ1) is 7.25. The van der Waals surface area contributed by atoms with E-state index in [4.69, 9.17) is 5.73 Å². The van der Waals surface area contributed by atoms with Crippen molar-refractivity contribution in [1.82, 2.24) is 4.98 Å². The summed E-state index contributed by atoms with van der Waals surface area (Å²) in [7, 11) is 0. The molecule has 4 heteroatoms. The zero-order chi connectivity index (χ0) is 10.7. The number of aromatic nitrogens is 1. The molecular formula is C11H10N2OS. The summed E-state index contributed by atoms with van der Waals surface area (Å²) in [5.74, 6) is 0.0755. The van der Waals surface area contributed by atoms with Gasteiger partial charge in [-0.25, -0.2) is 0 Å². The Morgan fingerprint density at radius 3 is 3.00 bits per heavy atom. The summed E-state index contributed by atoms with van der Waals surface area (Å²) in [5.41, 5.74) is 8.60. The van der Waals surface area contributed by atoms with E-state index in [0.29, 0.717) is 17.7 Å². The van der Waals surface area contributed by atoms with Crippen molar-refractivity contribution >= 4 is 22.8 Å². The SMILES string of the molecule is Nc1cccc(C(=O)Cc2cncs2)c1. The maximum Gasteiger partial charge on any atom is 0.168 e. The molecule has 0 fully saturated rings. The summed E-state index contributed by atoms with van der Waals surface area (Å²) in [4.78, 5) is 16.7. The molecule has 0 bridgehead atoms. The van der Waals surface area contributed by atoms with Crippen LogP contribution in [0.15, 0.2) is 36.0 Å². The fourth-order valence-corrected chi connectivity index (χ4v) is 1.90. The van der Waals surface area contributed by atoms with Gasteiger partial charge in [0.05, 0.1) is 5.51 Å². The van der Waals surface area contributed by atoms with E-state index in [1.54, 1.807) is 36.0 Å². The molecular weight excluding hydrogens is 208 g/mol.